The molecule has 94 valence electrons. The first kappa shape index (κ1) is 11.7. The van der Waals surface area contributed by atoms with E-state index in [2.05, 4.69) is 26.4 Å². The van der Waals surface area contributed by atoms with E-state index in [0.717, 1.165) is 22.0 Å². The number of hydrogen-bond donors (Lipinski definition) is 2. The molecule has 0 saturated heterocycles. The van der Waals surface area contributed by atoms with Crippen LogP contribution in [0.5, 0.6) is 0 Å². The van der Waals surface area contributed by atoms with E-state index in [1.807, 2.05) is 30.5 Å². The maximum absolute atomic E-state index is 5.65. The van der Waals surface area contributed by atoms with E-state index in [1.54, 1.807) is 12.4 Å². The van der Waals surface area contributed by atoms with Crippen molar-refractivity contribution in [3.8, 4) is 0 Å². The third kappa shape index (κ3) is 2.29. The molecule has 2 heterocycles. The standard InChI is InChI=1S/C14H13N5/c15-19-14(12-6-16-9-17-7-12)11-5-10-3-1-2-4-13(10)18-8-11/h1-9,14,19H,15H2. The Morgan fingerprint density at radius 1 is 1.00 bits per heavy atom. The molecule has 0 amide bonds. The van der Waals surface area contributed by atoms with Crippen LogP contribution < -0.4 is 11.3 Å². The van der Waals surface area contributed by atoms with Crippen molar-refractivity contribution in [2.24, 2.45) is 5.84 Å². The molecule has 0 fully saturated rings. The first-order chi connectivity index (χ1) is 9.38. The first-order valence-corrected chi connectivity index (χ1v) is 5.94. The smallest absolute Gasteiger partial charge is 0.115 e. The molecule has 0 aliphatic carbocycles. The fourth-order valence-electron chi connectivity index (χ4n) is 2.09. The largest absolute Gasteiger partial charge is 0.271 e. The second kappa shape index (κ2) is 5.09. The van der Waals surface area contributed by atoms with Crippen LogP contribution in [0.3, 0.4) is 0 Å². The third-order valence-electron chi connectivity index (χ3n) is 3.03. The summed E-state index contributed by atoms with van der Waals surface area (Å²) in [5.41, 5.74) is 5.63. The van der Waals surface area contributed by atoms with E-state index in [9.17, 15) is 0 Å². The molecule has 3 rings (SSSR count). The van der Waals surface area contributed by atoms with Gasteiger partial charge in [-0.2, -0.15) is 0 Å². The minimum Gasteiger partial charge on any atom is -0.271 e. The summed E-state index contributed by atoms with van der Waals surface area (Å²) in [6, 6.07) is 9.87. The molecule has 5 nitrogen and oxygen atoms in total. The van der Waals surface area contributed by atoms with Crippen LogP contribution in [0, 0.1) is 0 Å². The number of rotatable bonds is 3. The van der Waals surface area contributed by atoms with Gasteiger partial charge in [0.1, 0.15) is 6.33 Å². The maximum Gasteiger partial charge on any atom is 0.115 e. The van der Waals surface area contributed by atoms with Gasteiger partial charge in [0.15, 0.2) is 0 Å². The highest BCUT2D eigenvalue weighted by molar-refractivity contribution is 5.78. The molecular formula is C14H13N5. The van der Waals surface area contributed by atoms with Gasteiger partial charge in [-0.1, -0.05) is 18.2 Å². The molecule has 3 N–H and O–H groups in total. The predicted molar refractivity (Wildman–Crippen MR) is 72.9 cm³/mol. The van der Waals surface area contributed by atoms with Crippen LogP contribution in [0.4, 0.5) is 0 Å². The van der Waals surface area contributed by atoms with E-state index in [4.69, 9.17) is 5.84 Å². The number of fused-ring (bicyclic) bond motifs is 1. The first-order valence-electron chi connectivity index (χ1n) is 5.94. The summed E-state index contributed by atoms with van der Waals surface area (Å²) in [5, 5.41) is 1.08. The minimum absolute atomic E-state index is 0.168. The second-order valence-corrected chi connectivity index (χ2v) is 4.23. The van der Waals surface area contributed by atoms with Gasteiger partial charge in [-0.15, -0.1) is 0 Å². The highest BCUT2D eigenvalue weighted by atomic mass is 15.2. The normalized spacial score (nSPS) is 12.5. The van der Waals surface area contributed by atoms with Gasteiger partial charge in [-0.05, 0) is 17.7 Å². The molecule has 0 bridgehead atoms. The number of nitrogens with zero attached hydrogens (tertiary/aromatic N) is 3. The molecule has 0 saturated carbocycles. The van der Waals surface area contributed by atoms with E-state index in [0.29, 0.717) is 0 Å². The SMILES string of the molecule is NNC(c1cncnc1)c1cnc2ccccc2c1. The summed E-state index contributed by atoms with van der Waals surface area (Å²) in [7, 11) is 0. The van der Waals surface area contributed by atoms with Crippen LogP contribution in [0.2, 0.25) is 0 Å². The van der Waals surface area contributed by atoms with Crippen LogP contribution >= 0.6 is 0 Å². The van der Waals surface area contributed by atoms with Crippen molar-refractivity contribution in [3.05, 3.63) is 66.4 Å². The van der Waals surface area contributed by atoms with Gasteiger partial charge in [0.2, 0.25) is 0 Å². The Hall–Kier alpha value is -2.37. The highest BCUT2D eigenvalue weighted by Crippen LogP contribution is 2.22. The molecule has 3 aromatic rings. The van der Waals surface area contributed by atoms with Gasteiger partial charge in [0.25, 0.3) is 0 Å². The zero-order chi connectivity index (χ0) is 13.1. The second-order valence-electron chi connectivity index (χ2n) is 4.23. The predicted octanol–water partition coefficient (Wildman–Crippen LogP) is 1.58. The lowest BCUT2D eigenvalue weighted by atomic mass is 10.0. The number of pyridine rings is 1. The summed E-state index contributed by atoms with van der Waals surface area (Å²) in [5.74, 6) is 5.65. The van der Waals surface area contributed by atoms with Gasteiger partial charge in [0, 0.05) is 29.5 Å². The van der Waals surface area contributed by atoms with Gasteiger partial charge in [-0.3, -0.25) is 10.8 Å². The Kier molecular flexibility index (Phi) is 3.14. The number of benzene rings is 1. The van der Waals surface area contributed by atoms with Gasteiger partial charge in [-0.25, -0.2) is 15.4 Å². The molecule has 0 radical (unpaired) electrons. The van der Waals surface area contributed by atoms with E-state index in [-0.39, 0.29) is 6.04 Å². The Morgan fingerprint density at radius 2 is 1.79 bits per heavy atom. The fourth-order valence-corrected chi connectivity index (χ4v) is 2.09. The zero-order valence-electron chi connectivity index (χ0n) is 10.2. The number of aromatic nitrogens is 3. The van der Waals surface area contributed by atoms with Crippen LogP contribution in [-0.4, -0.2) is 15.0 Å². The summed E-state index contributed by atoms with van der Waals surface area (Å²) in [6.45, 7) is 0. The molecule has 1 atom stereocenters. The van der Waals surface area contributed by atoms with E-state index in [1.165, 1.54) is 6.33 Å². The zero-order valence-corrected chi connectivity index (χ0v) is 10.2. The van der Waals surface area contributed by atoms with Crippen molar-refractivity contribution in [1.29, 1.82) is 0 Å². The van der Waals surface area contributed by atoms with Crippen LogP contribution in [0.15, 0.2) is 55.2 Å². The molecule has 0 aliphatic rings. The fraction of sp³-hybridized carbons (Fsp3) is 0.0714. The monoisotopic (exact) mass is 251 g/mol. The number of nitrogens with one attached hydrogen (secondary N) is 1. The summed E-state index contributed by atoms with van der Waals surface area (Å²) < 4.78 is 0. The van der Waals surface area contributed by atoms with Gasteiger partial charge < -0.3 is 0 Å². The van der Waals surface area contributed by atoms with Crippen LogP contribution in [0.25, 0.3) is 10.9 Å². The van der Waals surface area contributed by atoms with Crippen molar-refractivity contribution in [2.45, 2.75) is 6.04 Å². The van der Waals surface area contributed by atoms with E-state index >= 15 is 0 Å². The van der Waals surface area contributed by atoms with Crippen molar-refractivity contribution >= 4 is 10.9 Å². The van der Waals surface area contributed by atoms with Crippen LogP contribution in [0.1, 0.15) is 17.2 Å². The topological polar surface area (TPSA) is 76.7 Å². The van der Waals surface area contributed by atoms with Gasteiger partial charge >= 0.3 is 0 Å². The van der Waals surface area contributed by atoms with Crippen molar-refractivity contribution < 1.29 is 0 Å². The maximum atomic E-state index is 5.65. The third-order valence-corrected chi connectivity index (χ3v) is 3.03. The lowest BCUT2D eigenvalue weighted by Crippen LogP contribution is -2.29. The summed E-state index contributed by atoms with van der Waals surface area (Å²) in [6.07, 6.45) is 6.80. The molecular weight excluding hydrogens is 238 g/mol. The minimum atomic E-state index is -0.168. The summed E-state index contributed by atoms with van der Waals surface area (Å²) >= 11 is 0. The highest BCUT2D eigenvalue weighted by Gasteiger charge is 2.13. The van der Waals surface area contributed by atoms with Crippen molar-refractivity contribution in [1.82, 2.24) is 20.4 Å². The van der Waals surface area contributed by atoms with E-state index < -0.39 is 0 Å². The van der Waals surface area contributed by atoms with Crippen molar-refractivity contribution in [3.63, 3.8) is 0 Å². The van der Waals surface area contributed by atoms with Gasteiger partial charge in [0.05, 0.1) is 11.6 Å². The number of nitrogens with two attached hydrogens (primary N) is 1. The quantitative estimate of drug-likeness (QED) is 0.546. The molecule has 5 heteroatoms. The molecule has 19 heavy (non-hydrogen) atoms. The lowest BCUT2D eigenvalue weighted by Gasteiger charge is -2.16. The Labute approximate surface area is 110 Å². The summed E-state index contributed by atoms with van der Waals surface area (Å²) in [4.78, 5) is 12.5. The molecule has 0 spiro atoms. The van der Waals surface area contributed by atoms with Crippen LogP contribution in [-0.2, 0) is 0 Å². The molecule has 2 aromatic heterocycles. The molecule has 0 aliphatic heterocycles. The average molecular weight is 251 g/mol. The lowest BCUT2D eigenvalue weighted by molar-refractivity contribution is 0.630. The molecule has 1 aromatic carbocycles. The molecule has 1 unspecified atom stereocenters. The Balaban J connectivity index is 2.06. The van der Waals surface area contributed by atoms with Crippen molar-refractivity contribution in [2.75, 3.05) is 0 Å². The number of hydrogen-bond acceptors (Lipinski definition) is 5. The average Bonchev–Trinajstić information content (AvgIpc) is 2.49. The Morgan fingerprint density at radius 3 is 2.58 bits per heavy atom. The number of para-hydroxylation sites is 1. The Bertz CT molecular complexity index is 683. The number of hydrazine groups is 1.